The number of benzene rings is 3. The maximum Gasteiger partial charge on any atom is 0.234 e. The molecule has 1 N–H and O–H groups in total. The monoisotopic (exact) mass is 445 g/mol. The molecule has 0 unspecified atom stereocenters. The number of ether oxygens (including phenoxy) is 2. The highest BCUT2D eigenvalue weighted by Gasteiger charge is 2.13. The first-order valence-corrected chi connectivity index (χ1v) is 11.1. The zero-order valence-electron chi connectivity index (χ0n) is 17.9. The summed E-state index contributed by atoms with van der Waals surface area (Å²) in [6.45, 7) is 0. The van der Waals surface area contributed by atoms with Crippen LogP contribution in [0.4, 0.5) is 5.69 Å². The van der Waals surface area contributed by atoms with Crippen molar-refractivity contribution in [2.45, 2.75) is 11.4 Å². The van der Waals surface area contributed by atoms with Crippen LogP contribution in [0.1, 0.15) is 11.3 Å². The molecule has 0 atom stereocenters. The fourth-order valence-corrected chi connectivity index (χ4v) is 4.04. The van der Waals surface area contributed by atoms with Crippen molar-refractivity contribution in [1.82, 2.24) is 9.97 Å². The summed E-state index contributed by atoms with van der Waals surface area (Å²) < 4.78 is 10.5. The molecule has 0 saturated heterocycles. The van der Waals surface area contributed by atoms with Crippen molar-refractivity contribution in [1.29, 1.82) is 0 Å². The third-order valence-electron chi connectivity index (χ3n) is 4.80. The summed E-state index contributed by atoms with van der Waals surface area (Å²) in [7, 11) is 3.14. The Morgan fingerprint density at radius 2 is 1.50 bits per heavy atom. The van der Waals surface area contributed by atoms with Crippen molar-refractivity contribution in [3.63, 3.8) is 0 Å². The second-order valence-electron chi connectivity index (χ2n) is 7.06. The van der Waals surface area contributed by atoms with Crippen molar-refractivity contribution < 1.29 is 14.3 Å². The second-order valence-corrected chi connectivity index (χ2v) is 8.03. The highest BCUT2D eigenvalue weighted by molar-refractivity contribution is 8.00. The van der Waals surface area contributed by atoms with Crippen molar-refractivity contribution in [2.75, 3.05) is 25.3 Å². The topological polar surface area (TPSA) is 73.3 Å². The van der Waals surface area contributed by atoms with Crippen LogP contribution in [0, 0.1) is 0 Å². The third-order valence-corrected chi connectivity index (χ3v) is 5.80. The zero-order valence-corrected chi connectivity index (χ0v) is 18.7. The van der Waals surface area contributed by atoms with E-state index in [0.717, 1.165) is 27.3 Å². The molecule has 0 saturated carbocycles. The van der Waals surface area contributed by atoms with Gasteiger partial charge in [-0.25, -0.2) is 9.97 Å². The van der Waals surface area contributed by atoms with Crippen molar-refractivity contribution in [3.8, 4) is 11.5 Å². The number of para-hydroxylation sites is 2. The van der Waals surface area contributed by atoms with Crippen LogP contribution >= 0.6 is 11.8 Å². The number of anilines is 1. The van der Waals surface area contributed by atoms with Gasteiger partial charge in [0.05, 0.1) is 36.7 Å². The summed E-state index contributed by atoms with van der Waals surface area (Å²) in [5.41, 5.74) is 4.27. The number of carbonyl (C=O) groups excluding carboxylic acids is 1. The van der Waals surface area contributed by atoms with Gasteiger partial charge in [0.15, 0.2) is 0 Å². The highest BCUT2D eigenvalue weighted by atomic mass is 32.2. The van der Waals surface area contributed by atoms with Crippen molar-refractivity contribution >= 4 is 34.4 Å². The van der Waals surface area contributed by atoms with Gasteiger partial charge in [-0.3, -0.25) is 4.79 Å². The van der Waals surface area contributed by atoms with E-state index in [2.05, 4.69) is 17.4 Å². The molecule has 1 heterocycles. The Hall–Kier alpha value is -3.58. The summed E-state index contributed by atoms with van der Waals surface area (Å²) in [6, 6.07) is 23.2. The summed E-state index contributed by atoms with van der Waals surface area (Å²) in [5, 5.41) is 3.66. The lowest BCUT2D eigenvalue weighted by molar-refractivity contribution is -0.113. The smallest absolute Gasteiger partial charge is 0.234 e. The van der Waals surface area contributed by atoms with Gasteiger partial charge < -0.3 is 14.8 Å². The molecule has 0 spiro atoms. The molecular weight excluding hydrogens is 422 g/mol. The van der Waals surface area contributed by atoms with Crippen molar-refractivity contribution in [3.05, 3.63) is 84.1 Å². The van der Waals surface area contributed by atoms with Crippen LogP contribution in [0.15, 0.2) is 77.8 Å². The number of hydrogen-bond donors (Lipinski definition) is 1. The molecule has 0 bridgehead atoms. The Morgan fingerprint density at radius 3 is 2.16 bits per heavy atom. The van der Waals surface area contributed by atoms with Crippen LogP contribution < -0.4 is 14.8 Å². The predicted molar refractivity (Wildman–Crippen MR) is 128 cm³/mol. The van der Waals surface area contributed by atoms with Crippen molar-refractivity contribution in [2.24, 2.45) is 0 Å². The van der Waals surface area contributed by atoms with Gasteiger partial charge in [0, 0.05) is 30.3 Å². The van der Waals surface area contributed by atoms with Gasteiger partial charge in [-0.1, -0.05) is 54.2 Å². The second kappa shape index (κ2) is 10.2. The molecule has 32 heavy (non-hydrogen) atoms. The van der Waals surface area contributed by atoms with Gasteiger partial charge in [0.2, 0.25) is 5.91 Å². The standard InChI is InChI=1S/C25H23N3O3S/c1-30-19-13-18(14-20(15-19)31-2)26-24(29)16-32-25-23(12-17-8-4-3-5-9-17)27-21-10-6-7-11-22(21)28-25/h3-11,13-15H,12,16H2,1-2H3,(H,26,29). The molecule has 0 aliphatic carbocycles. The predicted octanol–water partition coefficient (Wildman–Crippen LogP) is 4.97. The van der Waals surface area contributed by atoms with E-state index in [4.69, 9.17) is 19.4 Å². The molecule has 1 aromatic heterocycles. The lowest BCUT2D eigenvalue weighted by Crippen LogP contribution is -2.14. The van der Waals surface area contributed by atoms with Gasteiger partial charge in [0.25, 0.3) is 0 Å². The first-order chi connectivity index (χ1) is 15.6. The van der Waals surface area contributed by atoms with Gasteiger partial charge in [0.1, 0.15) is 16.5 Å². The van der Waals surface area contributed by atoms with Crippen LogP contribution in [0.5, 0.6) is 11.5 Å². The quantitative estimate of drug-likeness (QED) is 0.386. The maximum atomic E-state index is 12.7. The number of aromatic nitrogens is 2. The van der Waals surface area contributed by atoms with E-state index in [0.29, 0.717) is 23.6 Å². The molecule has 3 aromatic carbocycles. The molecule has 1 amide bonds. The van der Waals surface area contributed by atoms with E-state index in [9.17, 15) is 4.79 Å². The fourth-order valence-electron chi connectivity index (χ4n) is 3.25. The third kappa shape index (κ3) is 5.36. The minimum atomic E-state index is -0.147. The number of thioether (sulfide) groups is 1. The Balaban J connectivity index is 1.53. The van der Waals surface area contributed by atoms with Gasteiger partial charge >= 0.3 is 0 Å². The number of methoxy groups -OCH3 is 2. The van der Waals surface area contributed by atoms with E-state index in [-0.39, 0.29) is 11.7 Å². The molecular formula is C25H23N3O3S. The zero-order chi connectivity index (χ0) is 22.3. The lowest BCUT2D eigenvalue weighted by atomic mass is 10.1. The first kappa shape index (κ1) is 21.6. The summed E-state index contributed by atoms with van der Waals surface area (Å²) in [6.07, 6.45) is 0.649. The number of carbonyl (C=O) groups is 1. The minimum Gasteiger partial charge on any atom is -0.497 e. The van der Waals surface area contributed by atoms with E-state index < -0.39 is 0 Å². The maximum absolute atomic E-state index is 12.7. The van der Waals surface area contributed by atoms with Crippen LogP contribution in [-0.2, 0) is 11.2 Å². The number of amides is 1. The number of nitrogens with one attached hydrogen (secondary N) is 1. The average molecular weight is 446 g/mol. The Bertz CT molecular complexity index is 1210. The Morgan fingerprint density at radius 1 is 0.875 bits per heavy atom. The normalized spacial score (nSPS) is 10.7. The summed E-state index contributed by atoms with van der Waals surface area (Å²) in [5.74, 6) is 1.27. The molecule has 4 aromatic rings. The Labute approximate surface area is 191 Å². The minimum absolute atomic E-state index is 0.147. The molecule has 6 nitrogen and oxygen atoms in total. The number of rotatable bonds is 8. The Kier molecular flexibility index (Phi) is 6.87. The van der Waals surface area contributed by atoms with Gasteiger partial charge in [-0.05, 0) is 17.7 Å². The van der Waals surface area contributed by atoms with E-state index in [1.54, 1.807) is 32.4 Å². The first-order valence-electron chi connectivity index (χ1n) is 10.1. The highest BCUT2D eigenvalue weighted by Crippen LogP contribution is 2.27. The van der Waals surface area contributed by atoms with Gasteiger partial charge in [-0.15, -0.1) is 0 Å². The number of fused-ring (bicyclic) bond motifs is 1. The molecule has 0 radical (unpaired) electrons. The van der Waals surface area contributed by atoms with Gasteiger partial charge in [-0.2, -0.15) is 0 Å². The van der Waals surface area contributed by atoms with E-state index >= 15 is 0 Å². The molecule has 4 rings (SSSR count). The molecule has 0 aliphatic heterocycles. The summed E-state index contributed by atoms with van der Waals surface area (Å²) in [4.78, 5) is 22.3. The molecule has 0 aliphatic rings. The molecule has 7 heteroatoms. The van der Waals surface area contributed by atoms with Crippen LogP contribution in [0.2, 0.25) is 0 Å². The number of nitrogens with zero attached hydrogens (tertiary/aromatic N) is 2. The summed E-state index contributed by atoms with van der Waals surface area (Å²) >= 11 is 1.38. The van der Waals surface area contributed by atoms with Crippen LogP contribution in [-0.4, -0.2) is 35.8 Å². The molecule has 0 fully saturated rings. The lowest BCUT2D eigenvalue weighted by Gasteiger charge is -2.11. The van der Waals surface area contributed by atoms with Crippen LogP contribution in [0.3, 0.4) is 0 Å². The number of hydrogen-bond acceptors (Lipinski definition) is 6. The van der Waals surface area contributed by atoms with Crippen LogP contribution in [0.25, 0.3) is 11.0 Å². The fraction of sp³-hybridized carbons (Fsp3) is 0.160. The van der Waals surface area contributed by atoms with E-state index in [1.807, 2.05) is 42.5 Å². The molecule has 162 valence electrons. The van der Waals surface area contributed by atoms with E-state index in [1.165, 1.54) is 11.8 Å². The SMILES string of the molecule is COc1cc(NC(=O)CSc2nc3ccccc3nc2Cc2ccccc2)cc(OC)c1. The average Bonchev–Trinajstić information content (AvgIpc) is 2.83. The largest absolute Gasteiger partial charge is 0.497 e.